The van der Waals surface area contributed by atoms with Crippen LogP contribution < -0.4 is 9.64 Å². The molecular formula is C26H30N2O3S. The number of nitrogens with zero attached hydrogens (tertiary/aromatic N) is 2. The molecule has 1 aliphatic carbocycles. The van der Waals surface area contributed by atoms with Crippen LogP contribution in [0.4, 0.5) is 5.69 Å². The molecule has 0 saturated carbocycles. The monoisotopic (exact) mass is 450 g/mol. The Morgan fingerprint density at radius 3 is 2.47 bits per heavy atom. The third-order valence-corrected chi connectivity index (χ3v) is 6.94. The van der Waals surface area contributed by atoms with E-state index in [1.807, 2.05) is 32.5 Å². The summed E-state index contributed by atoms with van der Waals surface area (Å²) in [5.41, 5.74) is 3.72. The lowest BCUT2D eigenvalue weighted by molar-refractivity contribution is 0.0598. The van der Waals surface area contributed by atoms with E-state index in [1.54, 1.807) is 11.8 Å². The van der Waals surface area contributed by atoms with Gasteiger partial charge in [0, 0.05) is 54.2 Å². The fourth-order valence-corrected chi connectivity index (χ4v) is 4.86. The number of hydrogen-bond donors (Lipinski definition) is 0. The molecule has 3 unspecified atom stereocenters. The highest BCUT2D eigenvalue weighted by Gasteiger charge is 2.39. The Kier molecular flexibility index (Phi) is 6.35. The third kappa shape index (κ3) is 4.05. The standard InChI is InChI=1S/C26H30N2O3S/c1-27(2)16-7-10-20-23(13-16)31-24-14-17(28(3)4)8-11-21(24)25(20)22-15-18(32-6)9-12-19(22)26(29)30-5/h7-16,20,25H,1-6H3. The number of methoxy groups -OCH3 is 1. The number of rotatable bonds is 5. The van der Waals surface area contributed by atoms with Crippen LogP contribution >= 0.6 is 11.8 Å². The van der Waals surface area contributed by atoms with Crippen LogP contribution in [-0.2, 0) is 4.74 Å². The van der Waals surface area contributed by atoms with Crippen molar-refractivity contribution in [2.24, 2.45) is 5.92 Å². The Labute approximate surface area is 194 Å². The average molecular weight is 451 g/mol. The molecular weight excluding hydrogens is 420 g/mol. The highest BCUT2D eigenvalue weighted by molar-refractivity contribution is 7.98. The van der Waals surface area contributed by atoms with Gasteiger partial charge in [-0.2, -0.15) is 0 Å². The summed E-state index contributed by atoms with van der Waals surface area (Å²) in [5, 5.41) is 0. The normalized spacial score (nSPS) is 21.3. The topological polar surface area (TPSA) is 42.0 Å². The molecule has 0 amide bonds. The number of anilines is 1. The zero-order valence-corrected chi connectivity index (χ0v) is 20.3. The summed E-state index contributed by atoms with van der Waals surface area (Å²) in [5.74, 6) is 1.39. The lowest BCUT2D eigenvalue weighted by Gasteiger charge is -2.38. The number of likely N-dealkylation sites (N-methyl/N-ethyl adjacent to an activating group) is 1. The Bertz CT molecular complexity index is 1090. The van der Waals surface area contributed by atoms with Crippen LogP contribution in [0.5, 0.6) is 5.75 Å². The molecule has 0 aromatic heterocycles. The van der Waals surface area contributed by atoms with Crippen molar-refractivity contribution in [1.82, 2.24) is 4.90 Å². The number of esters is 1. The number of carbonyl (C=O) groups excluding carboxylic acids is 1. The van der Waals surface area contributed by atoms with Gasteiger partial charge in [-0.15, -0.1) is 11.8 Å². The van der Waals surface area contributed by atoms with Crippen LogP contribution in [0, 0.1) is 5.92 Å². The van der Waals surface area contributed by atoms with Crippen molar-refractivity contribution in [3.63, 3.8) is 0 Å². The van der Waals surface area contributed by atoms with Gasteiger partial charge in [0.25, 0.3) is 0 Å². The van der Waals surface area contributed by atoms with Gasteiger partial charge < -0.3 is 14.4 Å². The zero-order valence-electron chi connectivity index (χ0n) is 19.5. The van der Waals surface area contributed by atoms with Gasteiger partial charge >= 0.3 is 5.97 Å². The van der Waals surface area contributed by atoms with Crippen LogP contribution in [0.25, 0.3) is 0 Å². The minimum Gasteiger partial charge on any atom is -0.465 e. The molecule has 1 heterocycles. The smallest absolute Gasteiger partial charge is 0.338 e. The molecule has 0 N–H and O–H groups in total. The van der Waals surface area contributed by atoms with Gasteiger partial charge in [-0.25, -0.2) is 4.79 Å². The fourth-order valence-electron chi connectivity index (χ4n) is 4.41. The molecule has 4 rings (SSSR count). The van der Waals surface area contributed by atoms with Crippen LogP contribution in [0.1, 0.15) is 27.4 Å². The molecule has 5 nitrogen and oxygen atoms in total. The predicted molar refractivity (Wildman–Crippen MR) is 131 cm³/mol. The SMILES string of the molecule is COC(=O)c1ccc(SC)cc1C1c2ccc(N(C)C)cc2OC2=CC(N(C)C)C=CC21. The van der Waals surface area contributed by atoms with Crippen molar-refractivity contribution < 1.29 is 14.3 Å². The van der Waals surface area contributed by atoms with Crippen LogP contribution in [-0.4, -0.2) is 58.5 Å². The largest absolute Gasteiger partial charge is 0.465 e. The summed E-state index contributed by atoms with van der Waals surface area (Å²) in [6.45, 7) is 0. The molecule has 3 atom stereocenters. The van der Waals surface area contributed by atoms with Gasteiger partial charge in [-0.1, -0.05) is 18.2 Å². The lowest BCUT2D eigenvalue weighted by Crippen LogP contribution is -2.33. The van der Waals surface area contributed by atoms with E-state index in [0.717, 1.165) is 33.2 Å². The molecule has 0 bridgehead atoms. The maximum atomic E-state index is 12.7. The number of allylic oxidation sites excluding steroid dienone is 1. The van der Waals surface area contributed by atoms with Gasteiger partial charge in [-0.05, 0) is 56.3 Å². The summed E-state index contributed by atoms with van der Waals surface area (Å²) < 4.78 is 11.6. The van der Waals surface area contributed by atoms with Crippen molar-refractivity contribution in [3.05, 3.63) is 77.1 Å². The van der Waals surface area contributed by atoms with E-state index >= 15 is 0 Å². The van der Waals surface area contributed by atoms with Gasteiger partial charge in [0.2, 0.25) is 0 Å². The van der Waals surface area contributed by atoms with Crippen molar-refractivity contribution in [1.29, 1.82) is 0 Å². The number of hydrogen-bond acceptors (Lipinski definition) is 6. The van der Waals surface area contributed by atoms with E-state index < -0.39 is 0 Å². The molecule has 0 saturated heterocycles. The number of carbonyl (C=O) groups is 1. The zero-order chi connectivity index (χ0) is 23.0. The predicted octanol–water partition coefficient (Wildman–Crippen LogP) is 4.79. The fraction of sp³-hybridized carbons (Fsp3) is 0.346. The molecule has 0 radical (unpaired) electrons. The molecule has 32 heavy (non-hydrogen) atoms. The second-order valence-electron chi connectivity index (χ2n) is 8.57. The minimum atomic E-state index is -0.318. The van der Waals surface area contributed by atoms with E-state index in [-0.39, 0.29) is 23.8 Å². The molecule has 2 aromatic rings. The van der Waals surface area contributed by atoms with E-state index in [9.17, 15) is 4.79 Å². The van der Waals surface area contributed by atoms with Gasteiger partial charge in [0.15, 0.2) is 0 Å². The number of benzene rings is 2. The molecule has 168 valence electrons. The number of thioether (sulfide) groups is 1. The second kappa shape index (κ2) is 9.04. The van der Waals surface area contributed by atoms with Gasteiger partial charge in [0.05, 0.1) is 12.7 Å². The molecule has 0 spiro atoms. The maximum Gasteiger partial charge on any atom is 0.338 e. The summed E-state index contributed by atoms with van der Waals surface area (Å²) in [7, 11) is 9.59. The summed E-state index contributed by atoms with van der Waals surface area (Å²) in [6, 6.07) is 12.5. The molecule has 6 heteroatoms. The van der Waals surface area contributed by atoms with E-state index in [1.165, 1.54) is 7.11 Å². The maximum absolute atomic E-state index is 12.7. The van der Waals surface area contributed by atoms with Crippen LogP contribution in [0.2, 0.25) is 0 Å². The summed E-state index contributed by atoms with van der Waals surface area (Å²) in [4.78, 5) is 18.1. The van der Waals surface area contributed by atoms with E-state index in [4.69, 9.17) is 9.47 Å². The van der Waals surface area contributed by atoms with Crippen molar-refractivity contribution in [3.8, 4) is 5.75 Å². The molecule has 2 aliphatic rings. The first kappa shape index (κ1) is 22.5. The Hall–Kier alpha value is -2.70. The minimum absolute atomic E-state index is 0.00409. The van der Waals surface area contributed by atoms with Gasteiger partial charge in [0.1, 0.15) is 11.5 Å². The quantitative estimate of drug-likeness (QED) is 0.371. The van der Waals surface area contributed by atoms with Crippen LogP contribution in [0.15, 0.2) is 65.3 Å². The van der Waals surface area contributed by atoms with Crippen molar-refractivity contribution in [2.75, 3.05) is 46.5 Å². The highest BCUT2D eigenvalue weighted by Crippen LogP contribution is 2.49. The highest BCUT2D eigenvalue weighted by atomic mass is 32.2. The van der Waals surface area contributed by atoms with Crippen molar-refractivity contribution in [2.45, 2.75) is 16.9 Å². The van der Waals surface area contributed by atoms with E-state index in [2.05, 4.69) is 66.4 Å². The molecule has 1 aliphatic heterocycles. The first-order chi connectivity index (χ1) is 15.3. The van der Waals surface area contributed by atoms with E-state index in [0.29, 0.717) is 5.56 Å². The molecule has 0 fully saturated rings. The third-order valence-electron chi connectivity index (χ3n) is 6.21. The van der Waals surface area contributed by atoms with Gasteiger partial charge in [-0.3, -0.25) is 4.90 Å². The number of ether oxygens (including phenoxy) is 2. The lowest BCUT2D eigenvalue weighted by atomic mass is 9.74. The average Bonchev–Trinajstić information content (AvgIpc) is 2.80. The number of fused-ring (bicyclic) bond motifs is 2. The summed E-state index contributed by atoms with van der Waals surface area (Å²) >= 11 is 1.67. The Morgan fingerprint density at radius 2 is 1.81 bits per heavy atom. The summed E-state index contributed by atoms with van der Waals surface area (Å²) in [6.07, 6.45) is 8.66. The molecule has 2 aromatic carbocycles. The first-order valence-corrected chi connectivity index (χ1v) is 11.9. The van der Waals surface area contributed by atoms with Crippen LogP contribution in [0.3, 0.4) is 0 Å². The van der Waals surface area contributed by atoms with Crippen molar-refractivity contribution >= 4 is 23.4 Å². The Morgan fingerprint density at radius 1 is 1.03 bits per heavy atom. The Balaban J connectivity index is 1.94. The second-order valence-corrected chi connectivity index (χ2v) is 9.45. The first-order valence-electron chi connectivity index (χ1n) is 10.7.